The summed E-state index contributed by atoms with van der Waals surface area (Å²) >= 11 is 0. The van der Waals surface area contributed by atoms with Crippen LogP contribution < -0.4 is 14.8 Å². The average molecular weight is 548 g/mol. The number of nitrogens with one attached hydrogen (secondary N) is 2. The standard InChI is InChI=1S/C26H26FN3O2.C4H4O4/c1-15-2-6-20-24(30-15)8-9-25-26(20)32-19(14-31-25)12-28-18-5-3-16(10-18)22-13-29-23-7-4-17(27)11-21(22)23;5-3(6)1-2-4(7)8/h2,4,6-9,11,13,16,18-19,28-29H,3,5,10,12,14H2,1H3;1-2H,(H,5,6)(H,7,8)/t16-,18+,19-;/m0./s1. The maximum atomic E-state index is 13.8. The number of ether oxygens (including phenoxy) is 2. The van der Waals surface area contributed by atoms with Gasteiger partial charge in [-0.2, -0.15) is 0 Å². The molecule has 9 nitrogen and oxygen atoms in total. The lowest BCUT2D eigenvalue weighted by Gasteiger charge is -2.28. The molecule has 10 heteroatoms. The van der Waals surface area contributed by atoms with Crippen molar-refractivity contribution in [1.82, 2.24) is 15.3 Å². The quantitative estimate of drug-likeness (QED) is 0.250. The lowest BCUT2D eigenvalue weighted by molar-refractivity contribution is -0.134. The van der Waals surface area contributed by atoms with Crippen molar-refractivity contribution in [3.05, 3.63) is 77.9 Å². The molecule has 6 rings (SSSR count). The molecule has 1 saturated carbocycles. The largest absolute Gasteiger partial charge is 0.486 e. The molecule has 2 aliphatic rings. The van der Waals surface area contributed by atoms with E-state index in [-0.39, 0.29) is 11.9 Å². The zero-order valence-electron chi connectivity index (χ0n) is 21.9. The molecule has 40 heavy (non-hydrogen) atoms. The SMILES string of the molecule is Cc1ccc2c3c(ccc2n1)OC[C@H](CN[C@@H]1CC[C@H](c2c[nH]c4ccc(F)cc24)C1)O3.O=C(O)C=CC(=O)O. The number of rotatable bonds is 6. The van der Waals surface area contributed by atoms with Crippen LogP contribution in [0.3, 0.4) is 0 Å². The van der Waals surface area contributed by atoms with Crippen molar-refractivity contribution >= 4 is 33.7 Å². The number of carboxylic acids is 2. The number of carboxylic acid groups (broad SMARTS) is 2. The van der Waals surface area contributed by atoms with E-state index in [4.69, 9.17) is 19.7 Å². The first-order valence-corrected chi connectivity index (χ1v) is 13.1. The highest BCUT2D eigenvalue weighted by atomic mass is 19.1. The summed E-state index contributed by atoms with van der Waals surface area (Å²) in [4.78, 5) is 27.0. The van der Waals surface area contributed by atoms with E-state index in [9.17, 15) is 14.0 Å². The van der Waals surface area contributed by atoms with E-state index in [1.807, 2.05) is 37.4 Å². The Kier molecular flexibility index (Phi) is 7.97. The van der Waals surface area contributed by atoms with Crippen LogP contribution in [0.5, 0.6) is 11.5 Å². The Bertz CT molecular complexity index is 1570. The molecule has 4 aromatic rings. The van der Waals surface area contributed by atoms with Crippen molar-refractivity contribution in [1.29, 1.82) is 0 Å². The van der Waals surface area contributed by atoms with Crippen LogP contribution in [-0.2, 0) is 9.59 Å². The van der Waals surface area contributed by atoms with Gasteiger partial charge >= 0.3 is 11.9 Å². The molecule has 4 N–H and O–H groups in total. The number of hydrogen-bond acceptors (Lipinski definition) is 6. The lowest BCUT2D eigenvalue weighted by Crippen LogP contribution is -2.41. The van der Waals surface area contributed by atoms with Crippen LogP contribution in [0.2, 0.25) is 0 Å². The molecule has 0 radical (unpaired) electrons. The first-order valence-electron chi connectivity index (χ1n) is 13.1. The predicted molar refractivity (Wildman–Crippen MR) is 147 cm³/mol. The van der Waals surface area contributed by atoms with Gasteiger partial charge in [0.15, 0.2) is 11.5 Å². The third kappa shape index (κ3) is 6.23. The minimum absolute atomic E-state index is 0.0457. The topological polar surface area (TPSA) is 134 Å². The van der Waals surface area contributed by atoms with Crippen molar-refractivity contribution in [2.45, 2.75) is 44.2 Å². The van der Waals surface area contributed by atoms with Gasteiger partial charge in [-0.25, -0.2) is 14.0 Å². The van der Waals surface area contributed by atoms with Crippen molar-refractivity contribution in [2.75, 3.05) is 13.2 Å². The summed E-state index contributed by atoms with van der Waals surface area (Å²) in [5, 5.41) is 21.3. The number of nitrogens with zero attached hydrogens (tertiary/aromatic N) is 1. The monoisotopic (exact) mass is 547 g/mol. The van der Waals surface area contributed by atoms with Gasteiger partial charge in [-0.15, -0.1) is 0 Å². The van der Waals surface area contributed by atoms with Gasteiger partial charge in [0, 0.05) is 52.9 Å². The van der Waals surface area contributed by atoms with Crippen LogP contribution in [0.15, 0.2) is 60.8 Å². The summed E-state index contributed by atoms with van der Waals surface area (Å²) in [5.41, 5.74) is 4.14. The number of carbonyl (C=O) groups is 2. The number of aromatic amines is 1. The summed E-state index contributed by atoms with van der Waals surface area (Å²) < 4.78 is 26.1. The van der Waals surface area contributed by atoms with Crippen molar-refractivity contribution in [3.63, 3.8) is 0 Å². The van der Waals surface area contributed by atoms with Crippen molar-refractivity contribution in [2.24, 2.45) is 0 Å². The Morgan fingerprint density at radius 3 is 2.67 bits per heavy atom. The zero-order valence-corrected chi connectivity index (χ0v) is 21.9. The van der Waals surface area contributed by atoms with Gasteiger partial charge in [-0.1, -0.05) is 0 Å². The minimum Gasteiger partial charge on any atom is -0.486 e. The lowest BCUT2D eigenvalue weighted by atomic mass is 9.97. The van der Waals surface area contributed by atoms with Crippen LogP contribution in [0.1, 0.15) is 36.4 Å². The molecule has 1 aliphatic carbocycles. The van der Waals surface area contributed by atoms with Gasteiger partial charge in [-0.05, 0) is 80.1 Å². The van der Waals surface area contributed by atoms with E-state index in [0.717, 1.165) is 64.8 Å². The smallest absolute Gasteiger partial charge is 0.328 e. The molecule has 1 aliphatic heterocycles. The number of benzene rings is 2. The molecule has 3 heterocycles. The molecule has 0 unspecified atom stereocenters. The Labute approximate surface area is 229 Å². The Hall–Kier alpha value is -4.44. The molecule has 3 atom stereocenters. The number of fused-ring (bicyclic) bond motifs is 4. The van der Waals surface area contributed by atoms with E-state index in [2.05, 4.69) is 21.4 Å². The Morgan fingerprint density at radius 1 is 1.10 bits per heavy atom. The van der Waals surface area contributed by atoms with E-state index in [0.29, 0.717) is 30.7 Å². The maximum Gasteiger partial charge on any atom is 0.328 e. The fourth-order valence-electron chi connectivity index (χ4n) is 5.32. The third-order valence-corrected chi connectivity index (χ3v) is 7.19. The second-order valence-electron chi connectivity index (χ2n) is 10.0. The molecule has 0 bridgehead atoms. The molecule has 2 aromatic heterocycles. The van der Waals surface area contributed by atoms with Crippen LogP contribution in [0.4, 0.5) is 4.39 Å². The second-order valence-corrected chi connectivity index (χ2v) is 10.0. The van der Waals surface area contributed by atoms with Crippen LogP contribution in [0.25, 0.3) is 21.8 Å². The van der Waals surface area contributed by atoms with E-state index < -0.39 is 11.9 Å². The molecular formula is C30H30FN3O6. The Morgan fingerprint density at radius 2 is 1.90 bits per heavy atom. The van der Waals surface area contributed by atoms with Gasteiger partial charge in [-0.3, -0.25) is 4.98 Å². The summed E-state index contributed by atoms with van der Waals surface area (Å²) in [5.74, 6) is -0.686. The highest BCUT2D eigenvalue weighted by Crippen LogP contribution is 2.40. The number of hydrogen-bond donors (Lipinski definition) is 4. The Balaban J connectivity index is 0.000000355. The first-order chi connectivity index (χ1) is 19.3. The van der Waals surface area contributed by atoms with Gasteiger partial charge in [0.1, 0.15) is 18.5 Å². The number of aryl methyl sites for hydroxylation is 1. The van der Waals surface area contributed by atoms with E-state index in [1.165, 1.54) is 11.6 Å². The minimum atomic E-state index is -1.26. The van der Waals surface area contributed by atoms with Gasteiger partial charge in [0.2, 0.25) is 0 Å². The second kappa shape index (κ2) is 11.7. The molecule has 1 fully saturated rings. The normalized spacial score (nSPS) is 20.0. The number of halogens is 1. The number of H-pyrrole nitrogens is 1. The fraction of sp³-hybridized carbons (Fsp3) is 0.300. The predicted octanol–water partition coefficient (Wildman–Crippen LogP) is 4.94. The van der Waals surface area contributed by atoms with E-state index in [1.54, 1.807) is 6.07 Å². The molecule has 2 aromatic carbocycles. The van der Waals surface area contributed by atoms with Crippen molar-refractivity contribution < 1.29 is 33.7 Å². The highest BCUT2D eigenvalue weighted by molar-refractivity contribution is 5.90. The summed E-state index contributed by atoms with van der Waals surface area (Å²) in [6.07, 6.45) is 6.36. The van der Waals surface area contributed by atoms with Crippen molar-refractivity contribution in [3.8, 4) is 11.5 Å². The molecule has 0 saturated heterocycles. The molecular weight excluding hydrogens is 517 g/mol. The number of aromatic nitrogens is 2. The van der Waals surface area contributed by atoms with Gasteiger partial charge in [0.05, 0.1) is 5.52 Å². The van der Waals surface area contributed by atoms with Gasteiger partial charge in [0.25, 0.3) is 0 Å². The number of aliphatic carboxylic acids is 2. The van der Waals surface area contributed by atoms with Crippen LogP contribution in [0, 0.1) is 12.7 Å². The van der Waals surface area contributed by atoms with E-state index >= 15 is 0 Å². The molecule has 0 spiro atoms. The first kappa shape index (κ1) is 27.1. The summed E-state index contributed by atoms with van der Waals surface area (Å²) in [6, 6.07) is 13.4. The molecule has 0 amide bonds. The number of pyridine rings is 1. The third-order valence-electron chi connectivity index (χ3n) is 7.19. The van der Waals surface area contributed by atoms with Crippen LogP contribution >= 0.6 is 0 Å². The maximum absolute atomic E-state index is 13.8. The average Bonchev–Trinajstić information content (AvgIpc) is 3.57. The highest BCUT2D eigenvalue weighted by Gasteiger charge is 2.29. The summed E-state index contributed by atoms with van der Waals surface area (Å²) in [7, 11) is 0. The van der Waals surface area contributed by atoms with Gasteiger partial charge < -0.3 is 30.0 Å². The van der Waals surface area contributed by atoms with Crippen LogP contribution in [-0.4, -0.2) is 57.4 Å². The fourth-order valence-corrected chi connectivity index (χ4v) is 5.32. The summed E-state index contributed by atoms with van der Waals surface area (Å²) in [6.45, 7) is 3.25. The zero-order chi connectivity index (χ0) is 28.2. The molecule has 208 valence electrons.